The fourth-order valence-electron chi connectivity index (χ4n) is 4.11. The lowest BCUT2D eigenvalue weighted by Crippen LogP contribution is -2.40. The maximum absolute atomic E-state index is 12.7. The molecule has 188 valence electrons. The van der Waals surface area contributed by atoms with Crippen LogP contribution in [0.15, 0.2) is 36.4 Å². The standard InChI is InChI=1S/C26H34N4O4S/c1-16(2)13-21(25(32)34-19-10-3-4-11-19)29-12-6-8-17-7-5-9-18(14-17)22-15-20(23(27)31)24(35-22)30-26(28)33/h5-9,14-16,19,21,29H,3-4,10-13H2,1-2H3,(H2,27,31)(H3,28,30,33)/t21-/m0/s1. The SMILES string of the molecule is CC(C)C[C@H](NCC=Cc1cccc(-c2cc(C(N)=O)c(NC(N)=O)s2)c1)C(=O)OC1CCCC1. The number of nitrogens with one attached hydrogen (secondary N) is 2. The van der Waals surface area contributed by atoms with E-state index in [1.165, 1.54) is 11.3 Å². The fraction of sp³-hybridized carbons (Fsp3) is 0.423. The molecule has 0 saturated heterocycles. The van der Waals surface area contributed by atoms with Gasteiger partial charge in [0.1, 0.15) is 17.1 Å². The lowest BCUT2D eigenvalue weighted by Gasteiger charge is -2.21. The minimum absolute atomic E-state index is 0.0586. The van der Waals surface area contributed by atoms with E-state index < -0.39 is 11.9 Å². The predicted octanol–water partition coefficient (Wildman–Crippen LogP) is 4.51. The Bertz CT molecular complexity index is 1070. The van der Waals surface area contributed by atoms with Crippen LogP contribution in [0.5, 0.6) is 0 Å². The molecule has 1 saturated carbocycles. The van der Waals surface area contributed by atoms with Crippen LogP contribution in [0.25, 0.3) is 16.5 Å². The monoisotopic (exact) mass is 498 g/mol. The Balaban J connectivity index is 1.64. The summed E-state index contributed by atoms with van der Waals surface area (Å²) in [5.41, 5.74) is 12.7. The van der Waals surface area contributed by atoms with Gasteiger partial charge in [-0.05, 0) is 61.3 Å². The predicted molar refractivity (Wildman–Crippen MR) is 140 cm³/mol. The van der Waals surface area contributed by atoms with E-state index in [0.717, 1.165) is 48.1 Å². The number of nitrogens with two attached hydrogens (primary N) is 2. The van der Waals surface area contributed by atoms with Gasteiger partial charge in [0.15, 0.2) is 0 Å². The first-order valence-electron chi connectivity index (χ1n) is 11.9. The van der Waals surface area contributed by atoms with Crippen molar-refractivity contribution in [1.82, 2.24) is 5.32 Å². The average Bonchev–Trinajstić information content (AvgIpc) is 3.45. The summed E-state index contributed by atoms with van der Waals surface area (Å²) in [6.45, 7) is 4.72. The van der Waals surface area contributed by atoms with Crippen molar-refractivity contribution in [1.29, 1.82) is 0 Å². The van der Waals surface area contributed by atoms with Crippen LogP contribution in [0.4, 0.5) is 9.80 Å². The van der Waals surface area contributed by atoms with Crippen molar-refractivity contribution in [3.8, 4) is 10.4 Å². The molecule has 3 amide bonds. The van der Waals surface area contributed by atoms with E-state index in [0.29, 0.717) is 17.5 Å². The maximum Gasteiger partial charge on any atom is 0.323 e. The van der Waals surface area contributed by atoms with Gasteiger partial charge in [-0.1, -0.05) is 44.2 Å². The van der Waals surface area contributed by atoms with Crippen LogP contribution in [0.3, 0.4) is 0 Å². The zero-order valence-corrected chi connectivity index (χ0v) is 21.0. The molecule has 1 aliphatic rings. The van der Waals surface area contributed by atoms with Crippen LogP contribution in [0, 0.1) is 5.92 Å². The van der Waals surface area contributed by atoms with E-state index in [-0.39, 0.29) is 23.7 Å². The average molecular weight is 499 g/mol. The number of hydrogen-bond donors (Lipinski definition) is 4. The van der Waals surface area contributed by atoms with Gasteiger partial charge in [0.05, 0.1) is 5.56 Å². The molecule has 1 aromatic heterocycles. The molecular weight excluding hydrogens is 464 g/mol. The van der Waals surface area contributed by atoms with Crippen molar-refractivity contribution in [2.45, 2.75) is 58.1 Å². The molecule has 0 aliphatic heterocycles. The molecule has 1 atom stereocenters. The lowest BCUT2D eigenvalue weighted by atomic mass is 10.0. The van der Waals surface area contributed by atoms with E-state index in [1.54, 1.807) is 6.07 Å². The summed E-state index contributed by atoms with van der Waals surface area (Å²) in [6.07, 6.45) is 8.89. The fourth-order valence-corrected chi connectivity index (χ4v) is 5.17. The Morgan fingerprint density at radius 1 is 1.17 bits per heavy atom. The summed E-state index contributed by atoms with van der Waals surface area (Å²) < 4.78 is 5.72. The van der Waals surface area contributed by atoms with E-state index in [1.807, 2.05) is 36.4 Å². The third kappa shape index (κ3) is 7.93. The van der Waals surface area contributed by atoms with Gasteiger partial charge in [0.2, 0.25) is 0 Å². The third-order valence-corrected chi connectivity index (χ3v) is 6.87. The second kappa shape index (κ2) is 12.5. The van der Waals surface area contributed by atoms with E-state index in [4.69, 9.17) is 16.2 Å². The van der Waals surface area contributed by atoms with Crippen LogP contribution in [0.2, 0.25) is 0 Å². The molecule has 0 spiro atoms. The van der Waals surface area contributed by atoms with Crippen LogP contribution in [-0.2, 0) is 9.53 Å². The number of primary amides is 2. The van der Waals surface area contributed by atoms with Crippen LogP contribution in [0.1, 0.15) is 61.9 Å². The van der Waals surface area contributed by atoms with Gasteiger partial charge < -0.3 is 21.5 Å². The third-order valence-electron chi connectivity index (χ3n) is 5.77. The molecule has 0 radical (unpaired) electrons. The molecule has 35 heavy (non-hydrogen) atoms. The number of urea groups is 1. The van der Waals surface area contributed by atoms with Crippen LogP contribution >= 0.6 is 11.3 Å². The summed E-state index contributed by atoms with van der Waals surface area (Å²) in [4.78, 5) is 36.4. The number of amides is 3. The Kier molecular flexibility index (Phi) is 9.45. The summed E-state index contributed by atoms with van der Waals surface area (Å²) in [5.74, 6) is -0.431. The first-order valence-corrected chi connectivity index (χ1v) is 12.8. The largest absolute Gasteiger partial charge is 0.461 e. The van der Waals surface area contributed by atoms with Gasteiger partial charge in [0, 0.05) is 11.4 Å². The molecule has 1 aliphatic carbocycles. The minimum atomic E-state index is -0.757. The lowest BCUT2D eigenvalue weighted by molar-refractivity contribution is -0.151. The Morgan fingerprint density at radius 2 is 1.91 bits per heavy atom. The first kappa shape index (κ1) is 26.4. The number of hydrogen-bond acceptors (Lipinski definition) is 6. The van der Waals surface area contributed by atoms with E-state index in [2.05, 4.69) is 24.5 Å². The number of anilines is 1. The molecule has 0 bridgehead atoms. The van der Waals surface area contributed by atoms with Gasteiger partial charge in [-0.2, -0.15) is 0 Å². The van der Waals surface area contributed by atoms with Gasteiger partial charge in [-0.3, -0.25) is 14.9 Å². The summed E-state index contributed by atoms with van der Waals surface area (Å²) >= 11 is 1.23. The summed E-state index contributed by atoms with van der Waals surface area (Å²) in [6, 6.07) is 8.32. The zero-order chi connectivity index (χ0) is 25.4. The smallest absolute Gasteiger partial charge is 0.323 e. The first-order chi connectivity index (χ1) is 16.7. The minimum Gasteiger partial charge on any atom is -0.461 e. The van der Waals surface area contributed by atoms with Crippen molar-refractivity contribution in [2.75, 3.05) is 11.9 Å². The normalized spacial score (nSPS) is 14.9. The second-order valence-electron chi connectivity index (χ2n) is 9.17. The number of benzene rings is 1. The Morgan fingerprint density at radius 3 is 2.57 bits per heavy atom. The van der Waals surface area contributed by atoms with Crippen LogP contribution in [-0.4, -0.2) is 36.6 Å². The molecule has 3 rings (SSSR count). The number of rotatable bonds is 11. The molecular formula is C26H34N4O4S. The van der Waals surface area contributed by atoms with Crippen molar-refractivity contribution < 1.29 is 19.1 Å². The molecule has 1 fully saturated rings. The molecule has 1 aromatic carbocycles. The molecule has 2 aromatic rings. The molecule has 0 unspecified atom stereocenters. The Labute approximate surface area is 210 Å². The zero-order valence-electron chi connectivity index (χ0n) is 20.2. The topological polar surface area (TPSA) is 137 Å². The number of esters is 1. The highest BCUT2D eigenvalue weighted by atomic mass is 32.1. The van der Waals surface area contributed by atoms with Crippen molar-refractivity contribution in [3.63, 3.8) is 0 Å². The number of thiophene rings is 1. The molecule has 8 nitrogen and oxygen atoms in total. The van der Waals surface area contributed by atoms with Gasteiger partial charge in [-0.15, -0.1) is 11.3 Å². The molecule has 6 N–H and O–H groups in total. The highest BCUT2D eigenvalue weighted by Gasteiger charge is 2.25. The quantitative estimate of drug-likeness (QED) is 0.338. The van der Waals surface area contributed by atoms with Crippen molar-refractivity contribution in [2.24, 2.45) is 17.4 Å². The maximum atomic E-state index is 12.7. The highest BCUT2D eigenvalue weighted by Crippen LogP contribution is 2.35. The van der Waals surface area contributed by atoms with E-state index in [9.17, 15) is 14.4 Å². The van der Waals surface area contributed by atoms with E-state index >= 15 is 0 Å². The number of ether oxygens (including phenoxy) is 1. The van der Waals surface area contributed by atoms with Crippen molar-refractivity contribution >= 4 is 40.3 Å². The molecule has 9 heteroatoms. The number of carbonyl (C=O) groups is 3. The number of carbonyl (C=O) groups excluding carboxylic acids is 3. The molecule has 1 heterocycles. The van der Waals surface area contributed by atoms with Gasteiger partial charge in [-0.25, -0.2) is 4.79 Å². The van der Waals surface area contributed by atoms with Gasteiger partial charge >= 0.3 is 12.0 Å². The summed E-state index contributed by atoms with van der Waals surface area (Å²) in [7, 11) is 0. The van der Waals surface area contributed by atoms with Gasteiger partial charge in [0.25, 0.3) is 5.91 Å². The van der Waals surface area contributed by atoms with Crippen LogP contribution < -0.4 is 22.1 Å². The Hall–Kier alpha value is -3.17. The highest BCUT2D eigenvalue weighted by molar-refractivity contribution is 7.20. The second-order valence-corrected chi connectivity index (χ2v) is 10.2. The summed E-state index contributed by atoms with van der Waals surface area (Å²) in [5, 5.41) is 6.10. The van der Waals surface area contributed by atoms with Crippen molar-refractivity contribution in [3.05, 3.63) is 47.5 Å².